The van der Waals surface area contributed by atoms with E-state index in [1.807, 2.05) is 32.0 Å². The molecule has 0 bridgehead atoms. The molecular formula is C13H12N6OS. The SMILES string of the molecule is Cc1cccc(-c2nc(NC(=O)c3csc(C)n3)n[nH]2)n1. The molecule has 2 N–H and O–H groups in total. The van der Waals surface area contributed by atoms with Crippen LogP contribution in [0.15, 0.2) is 23.6 Å². The van der Waals surface area contributed by atoms with Crippen LogP contribution >= 0.6 is 11.3 Å². The number of hydrogen-bond acceptors (Lipinski definition) is 6. The van der Waals surface area contributed by atoms with E-state index >= 15 is 0 Å². The fourth-order valence-corrected chi connectivity index (χ4v) is 2.33. The van der Waals surface area contributed by atoms with Crippen molar-refractivity contribution in [3.63, 3.8) is 0 Å². The molecule has 0 saturated heterocycles. The van der Waals surface area contributed by atoms with Crippen LogP contribution in [0.5, 0.6) is 0 Å². The quantitative estimate of drug-likeness (QED) is 0.773. The lowest BCUT2D eigenvalue weighted by Gasteiger charge is -1.97. The molecule has 8 heteroatoms. The predicted octanol–water partition coefficient (Wildman–Crippen LogP) is 2.19. The Morgan fingerprint density at radius 1 is 1.24 bits per heavy atom. The summed E-state index contributed by atoms with van der Waals surface area (Å²) in [6.07, 6.45) is 0. The lowest BCUT2D eigenvalue weighted by atomic mass is 10.3. The van der Waals surface area contributed by atoms with Gasteiger partial charge in [-0.2, -0.15) is 4.98 Å². The fraction of sp³-hybridized carbons (Fsp3) is 0.154. The molecule has 0 saturated carbocycles. The van der Waals surface area contributed by atoms with E-state index in [2.05, 4.69) is 30.5 Å². The monoisotopic (exact) mass is 300 g/mol. The Hall–Kier alpha value is -2.61. The maximum Gasteiger partial charge on any atom is 0.277 e. The molecule has 3 heterocycles. The van der Waals surface area contributed by atoms with Crippen LogP contribution in [0.25, 0.3) is 11.5 Å². The number of nitrogens with zero attached hydrogens (tertiary/aromatic N) is 4. The number of hydrogen-bond donors (Lipinski definition) is 2. The van der Waals surface area contributed by atoms with Gasteiger partial charge >= 0.3 is 0 Å². The van der Waals surface area contributed by atoms with E-state index in [-0.39, 0.29) is 11.9 Å². The number of aromatic nitrogens is 5. The largest absolute Gasteiger partial charge is 0.288 e. The van der Waals surface area contributed by atoms with Crippen LogP contribution in [0, 0.1) is 13.8 Å². The van der Waals surface area contributed by atoms with Crippen LogP contribution < -0.4 is 5.32 Å². The average Bonchev–Trinajstić information content (AvgIpc) is 3.08. The molecule has 0 atom stereocenters. The van der Waals surface area contributed by atoms with Gasteiger partial charge in [0.25, 0.3) is 5.91 Å². The molecular weight excluding hydrogens is 288 g/mol. The van der Waals surface area contributed by atoms with E-state index in [4.69, 9.17) is 0 Å². The zero-order valence-corrected chi connectivity index (χ0v) is 12.2. The van der Waals surface area contributed by atoms with Gasteiger partial charge in [-0.05, 0) is 26.0 Å². The second-order valence-electron chi connectivity index (χ2n) is 4.38. The molecule has 3 aromatic heterocycles. The van der Waals surface area contributed by atoms with E-state index in [0.29, 0.717) is 17.2 Å². The number of aromatic amines is 1. The second kappa shape index (κ2) is 5.41. The minimum atomic E-state index is -0.331. The smallest absolute Gasteiger partial charge is 0.277 e. The number of anilines is 1. The molecule has 3 aromatic rings. The first kappa shape index (κ1) is 13.4. The van der Waals surface area contributed by atoms with Gasteiger partial charge in [0, 0.05) is 11.1 Å². The van der Waals surface area contributed by atoms with Crippen LogP contribution in [0.3, 0.4) is 0 Å². The summed E-state index contributed by atoms with van der Waals surface area (Å²) in [4.78, 5) is 24.6. The standard InChI is InChI=1S/C13H12N6OS/c1-7-4-3-5-9(14-7)11-16-13(19-18-11)17-12(20)10-6-21-8(2)15-10/h3-6H,1-2H3,(H2,16,17,18,19,20). The summed E-state index contributed by atoms with van der Waals surface area (Å²) in [7, 11) is 0. The highest BCUT2D eigenvalue weighted by molar-refractivity contribution is 7.09. The van der Waals surface area contributed by atoms with E-state index in [1.54, 1.807) is 5.38 Å². The molecule has 0 aliphatic carbocycles. The summed E-state index contributed by atoms with van der Waals surface area (Å²) in [6.45, 7) is 3.74. The number of carbonyl (C=O) groups excluding carboxylic acids is 1. The molecule has 0 aliphatic rings. The second-order valence-corrected chi connectivity index (χ2v) is 5.44. The van der Waals surface area contributed by atoms with E-state index in [1.165, 1.54) is 11.3 Å². The van der Waals surface area contributed by atoms with Crippen molar-refractivity contribution in [3.8, 4) is 11.5 Å². The number of amides is 1. The maximum absolute atomic E-state index is 12.0. The normalized spacial score (nSPS) is 10.6. The molecule has 106 valence electrons. The Balaban J connectivity index is 1.78. The molecule has 0 radical (unpaired) electrons. The number of nitrogens with one attached hydrogen (secondary N) is 2. The Kier molecular flexibility index (Phi) is 3.44. The van der Waals surface area contributed by atoms with Gasteiger partial charge in [-0.1, -0.05) is 6.07 Å². The van der Waals surface area contributed by atoms with Crippen molar-refractivity contribution in [1.82, 2.24) is 25.1 Å². The van der Waals surface area contributed by atoms with Crippen LogP contribution in [0.1, 0.15) is 21.2 Å². The Bertz CT molecular complexity index is 793. The minimum Gasteiger partial charge on any atom is -0.288 e. The number of rotatable bonds is 3. The van der Waals surface area contributed by atoms with Crippen molar-refractivity contribution in [1.29, 1.82) is 0 Å². The highest BCUT2D eigenvalue weighted by atomic mass is 32.1. The molecule has 0 spiro atoms. The Labute approximate surface area is 124 Å². The average molecular weight is 300 g/mol. The number of carbonyl (C=O) groups is 1. The highest BCUT2D eigenvalue weighted by Gasteiger charge is 2.13. The molecule has 0 fully saturated rings. The summed E-state index contributed by atoms with van der Waals surface area (Å²) >= 11 is 1.42. The van der Waals surface area contributed by atoms with Crippen molar-refractivity contribution in [2.75, 3.05) is 5.32 Å². The van der Waals surface area contributed by atoms with Gasteiger partial charge in [0.05, 0.1) is 5.01 Å². The van der Waals surface area contributed by atoms with Gasteiger partial charge < -0.3 is 0 Å². The first-order valence-electron chi connectivity index (χ1n) is 6.22. The van der Waals surface area contributed by atoms with Crippen LogP contribution in [-0.2, 0) is 0 Å². The third-order valence-corrected chi connectivity index (χ3v) is 3.47. The third-order valence-electron chi connectivity index (χ3n) is 2.69. The third kappa shape index (κ3) is 2.95. The minimum absolute atomic E-state index is 0.198. The van der Waals surface area contributed by atoms with Crippen molar-refractivity contribution in [3.05, 3.63) is 40.0 Å². The van der Waals surface area contributed by atoms with Crippen molar-refractivity contribution in [2.45, 2.75) is 13.8 Å². The van der Waals surface area contributed by atoms with Crippen molar-refractivity contribution in [2.24, 2.45) is 0 Å². The topological polar surface area (TPSA) is 96.5 Å². The predicted molar refractivity (Wildman–Crippen MR) is 79.2 cm³/mol. The van der Waals surface area contributed by atoms with Gasteiger partial charge in [0.2, 0.25) is 5.95 Å². The number of pyridine rings is 1. The first-order chi connectivity index (χ1) is 10.1. The molecule has 0 aromatic carbocycles. The lowest BCUT2D eigenvalue weighted by molar-refractivity contribution is 0.102. The van der Waals surface area contributed by atoms with Gasteiger partial charge in [-0.25, -0.2) is 9.97 Å². The Morgan fingerprint density at radius 3 is 2.81 bits per heavy atom. The van der Waals surface area contributed by atoms with Crippen LogP contribution in [0.4, 0.5) is 5.95 Å². The fourth-order valence-electron chi connectivity index (χ4n) is 1.74. The van der Waals surface area contributed by atoms with E-state index < -0.39 is 0 Å². The van der Waals surface area contributed by atoms with Gasteiger partial charge in [-0.15, -0.1) is 16.4 Å². The summed E-state index contributed by atoms with van der Waals surface area (Å²) in [5.74, 6) is 0.370. The van der Waals surface area contributed by atoms with Gasteiger partial charge in [-0.3, -0.25) is 15.2 Å². The summed E-state index contributed by atoms with van der Waals surface area (Å²) < 4.78 is 0. The van der Waals surface area contributed by atoms with E-state index in [0.717, 1.165) is 10.7 Å². The Morgan fingerprint density at radius 2 is 2.10 bits per heavy atom. The highest BCUT2D eigenvalue weighted by Crippen LogP contribution is 2.14. The zero-order chi connectivity index (χ0) is 14.8. The molecule has 0 unspecified atom stereocenters. The molecule has 0 aliphatic heterocycles. The summed E-state index contributed by atoms with van der Waals surface area (Å²) in [6, 6.07) is 5.60. The molecule has 21 heavy (non-hydrogen) atoms. The van der Waals surface area contributed by atoms with E-state index in [9.17, 15) is 4.79 Å². The first-order valence-corrected chi connectivity index (χ1v) is 7.10. The van der Waals surface area contributed by atoms with Crippen molar-refractivity contribution < 1.29 is 4.79 Å². The van der Waals surface area contributed by atoms with Crippen molar-refractivity contribution >= 4 is 23.2 Å². The summed E-state index contributed by atoms with van der Waals surface area (Å²) in [5.41, 5.74) is 1.91. The molecule has 1 amide bonds. The lowest BCUT2D eigenvalue weighted by Crippen LogP contribution is -2.13. The number of aryl methyl sites for hydroxylation is 2. The maximum atomic E-state index is 12.0. The zero-order valence-electron chi connectivity index (χ0n) is 11.4. The van der Waals surface area contributed by atoms with Crippen LogP contribution in [0.2, 0.25) is 0 Å². The summed E-state index contributed by atoms with van der Waals surface area (Å²) in [5, 5.41) is 11.8. The van der Waals surface area contributed by atoms with Gasteiger partial charge in [0.15, 0.2) is 5.82 Å². The molecule has 3 rings (SSSR count). The number of H-pyrrole nitrogens is 1. The van der Waals surface area contributed by atoms with Gasteiger partial charge in [0.1, 0.15) is 11.4 Å². The van der Waals surface area contributed by atoms with Crippen LogP contribution in [-0.4, -0.2) is 31.1 Å². The number of thiazole rings is 1. The molecule has 7 nitrogen and oxygen atoms in total.